The molecule has 1 unspecified atom stereocenters. The first kappa shape index (κ1) is 27.1. The van der Waals surface area contributed by atoms with Gasteiger partial charge in [0.25, 0.3) is 5.91 Å². The second-order valence-corrected chi connectivity index (χ2v) is 9.86. The maximum Gasteiger partial charge on any atom is 0.253 e. The number of benzene rings is 1. The first-order valence-corrected chi connectivity index (χ1v) is 11.0. The number of carbonyl (C=O) groups excluding carboxylic acids is 1. The van der Waals surface area contributed by atoms with Crippen molar-refractivity contribution in [2.24, 2.45) is 11.7 Å². The highest BCUT2D eigenvalue weighted by Gasteiger charge is 2.22. The highest BCUT2D eigenvalue weighted by atomic mass is 35.5. The van der Waals surface area contributed by atoms with Crippen molar-refractivity contribution in [1.29, 1.82) is 0 Å². The molecule has 1 atom stereocenters. The molecule has 6 nitrogen and oxygen atoms in total. The van der Waals surface area contributed by atoms with E-state index in [0.29, 0.717) is 37.7 Å². The number of carbonyl (C=O) groups is 1. The number of halogens is 2. The predicted octanol–water partition coefficient (Wildman–Crippen LogP) is 2.21. The van der Waals surface area contributed by atoms with Crippen LogP contribution in [0.15, 0.2) is 24.3 Å². The fourth-order valence-corrected chi connectivity index (χ4v) is 4.24. The molecule has 1 aromatic carbocycles. The summed E-state index contributed by atoms with van der Waals surface area (Å²) in [6, 6.07) is 7.69. The molecule has 2 N–H and O–H groups in total. The van der Waals surface area contributed by atoms with E-state index in [0.717, 1.165) is 12.0 Å². The summed E-state index contributed by atoms with van der Waals surface area (Å²) in [5.41, 5.74) is 7.75. The lowest BCUT2D eigenvalue weighted by Crippen LogP contribution is -2.39. The molecule has 2 rings (SSSR count). The molecule has 1 aromatic rings. The number of sulfone groups is 1. The van der Waals surface area contributed by atoms with E-state index in [4.69, 9.17) is 5.73 Å². The average molecular weight is 454 g/mol. The molecule has 0 aromatic heterocycles. The Morgan fingerprint density at radius 3 is 2.39 bits per heavy atom. The SMILES string of the molecule is CC(C)C(N)CCN(C)C(=O)c1cccc(CN2CCS(=O)(=O)CC2)c1.Cl.Cl. The van der Waals surface area contributed by atoms with Crippen molar-refractivity contribution in [2.75, 3.05) is 38.2 Å². The van der Waals surface area contributed by atoms with Crippen molar-refractivity contribution in [1.82, 2.24) is 9.80 Å². The zero-order valence-electron chi connectivity index (χ0n) is 16.8. The number of hydrogen-bond acceptors (Lipinski definition) is 5. The first-order valence-electron chi connectivity index (χ1n) is 9.21. The molecule has 162 valence electrons. The first-order chi connectivity index (χ1) is 12.2. The molecule has 0 bridgehead atoms. The minimum atomic E-state index is -2.87. The third-order valence-electron chi connectivity index (χ3n) is 5.02. The van der Waals surface area contributed by atoms with Gasteiger partial charge in [-0.1, -0.05) is 26.0 Å². The predicted molar refractivity (Wildman–Crippen MR) is 119 cm³/mol. The molecule has 28 heavy (non-hydrogen) atoms. The van der Waals surface area contributed by atoms with Gasteiger partial charge in [-0.3, -0.25) is 9.69 Å². The van der Waals surface area contributed by atoms with Crippen LogP contribution in [0.2, 0.25) is 0 Å². The van der Waals surface area contributed by atoms with Crippen LogP contribution in [0.5, 0.6) is 0 Å². The van der Waals surface area contributed by atoms with Gasteiger partial charge in [-0.15, -0.1) is 24.8 Å². The Balaban J connectivity index is 0.00000364. The highest BCUT2D eigenvalue weighted by Crippen LogP contribution is 2.13. The molecule has 9 heteroatoms. The molecule has 1 aliphatic rings. The normalized spacial score (nSPS) is 17.3. The highest BCUT2D eigenvalue weighted by molar-refractivity contribution is 7.91. The summed E-state index contributed by atoms with van der Waals surface area (Å²) >= 11 is 0. The third-order valence-corrected chi connectivity index (χ3v) is 6.63. The van der Waals surface area contributed by atoms with Gasteiger partial charge in [0.05, 0.1) is 11.5 Å². The van der Waals surface area contributed by atoms with Crippen LogP contribution < -0.4 is 5.73 Å². The summed E-state index contributed by atoms with van der Waals surface area (Å²) in [5.74, 6) is 0.814. The Kier molecular flexibility index (Phi) is 11.6. The van der Waals surface area contributed by atoms with Crippen molar-refractivity contribution < 1.29 is 13.2 Å². The van der Waals surface area contributed by atoms with Crippen LogP contribution in [-0.2, 0) is 16.4 Å². The van der Waals surface area contributed by atoms with E-state index in [1.807, 2.05) is 24.3 Å². The van der Waals surface area contributed by atoms with Crippen LogP contribution in [0, 0.1) is 5.92 Å². The van der Waals surface area contributed by atoms with Crippen LogP contribution >= 0.6 is 24.8 Å². The number of hydrogen-bond donors (Lipinski definition) is 1. The second kappa shape index (κ2) is 12.0. The zero-order chi connectivity index (χ0) is 19.3. The van der Waals surface area contributed by atoms with Crippen LogP contribution in [-0.4, -0.2) is 68.4 Å². The molecule has 0 saturated carbocycles. The van der Waals surface area contributed by atoms with Gasteiger partial charge in [0, 0.05) is 44.8 Å². The van der Waals surface area contributed by atoms with Gasteiger partial charge in [0.15, 0.2) is 9.84 Å². The van der Waals surface area contributed by atoms with Gasteiger partial charge in [-0.05, 0) is 30.0 Å². The topological polar surface area (TPSA) is 83.7 Å². The Bertz CT molecular complexity index is 715. The number of rotatable bonds is 7. The third kappa shape index (κ3) is 8.25. The maximum atomic E-state index is 12.6. The largest absolute Gasteiger partial charge is 0.342 e. The quantitative estimate of drug-likeness (QED) is 0.683. The average Bonchev–Trinajstić information content (AvgIpc) is 2.60. The van der Waals surface area contributed by atoms with Crippen LogP contribution in [0.1, 0.15) is 36.2 Å². The molecule has 1 fully saturated rings. The summed E-state index contributed by atoms with van der Waals surface area (Å²) in [4.78, 5) is 16.5. The lowest BCUT2D eigenvalue weighted by atomic mass is 10.0. The minimum Gasteiger partial charge on any atom is -0.342 e. The number of nitrogens with zero attached hydrogens (tertiary/aromatic N) is 2. The Morgan fingerprint density at radius 2 is 1.82 bits per heavy atom. The fourth-order valence-electron chi connectivity index (χ4n) is 2.97. The van der Waals surface area contributed by atoms with Gasteiger partial charge in [-0.2, -0.15) is 0 Å². The summed E-state index contributed by atoms with van der Waals surface area (Å²) < 4.78 is 23.1. The standard InChI is InChI=1S/C19H31N3O3S.2ClH/c1-15(2)18(20)7-8-21(3)19(23)17-6-4-5-16(13-17)14-22-9-11-26(24,25)12-10-22;;/h4-6,13,15,18H,7-12,14,20H2,1-3H3;2*1H. The van der Waals surface area contributed by atoms with Crippen molar-refractivity contribution in [3.8, 4) is 0 Å². The van der Waals surface area contributed by atoms with E-state index in [-0.39, 0.29) is 48.3 Å². The lowest BCUT2D eigenvalue weighted by Gasteiger charge is -2.26. The Hall–Kier alpha value is -0.860. The molecule has 1 amide bonds. The van der Waals surface area contributed by atoms with Crippen LogP contribution in [0.3, 0.4) is 0 Å². The van der Waals surface area contributed by atoms with E-state index in [1.165, 1.54) is 0 Å². The summed E-state index contributed by atoms with van der Waals surface area (Å²) in [5, 5.41) is 0. The van der Waals surface area contributed by atoms with Crippen molar-refractivity contribution >= 4 is 40.6 Å². The Morgan fingerprint density at radius 1 is 1.21 bits per heavy atom. The van der Waals surface area contributed by atoms with E-state index >= 15 is 0 Å². The Labute approximate surface area is 181 Å². The monoisotopic (exact) mass is 453 g/mol. The molecule has 0 radical (unpaired) electrons. The van der Waals surface area contributed by atoms with Gasteiger partial charge in [0.2, 0.25) is 0 Å². The molecule has 1 heterocycles. The van der Waals surface area contributed by atoms with E-state index < -0.39 is 9.84 Å². The van der Waals surface area contributed by atoms with E-state index in [2.05, 4.69) is 18.7 Å². The summed E-state index contributed by atoms with van der Waals surface area (Å²) in [7, 11) is -1.07. The molecular weight excluding hydrogens is 421 g/mol. The fraction of sp³-hybridized carbons (Fsp3) is 0.632. The van der Waals surface area contributed by atoms with Crippen LogP contribution in [0.4, 0.5) is 0 Å². The number of nitrogens with two attached hydrogens (primary N) is 1. The molecule has 0 spiro atoms. The van der Waals surface area contributed by atoms with Crippen LogP contribution in [0.25, 0.3) is 0 Å². The molecular formula is C19H33Cl2N3O3S. The maximum absolute atomic E-state index is 12.6. The summed E-state index contributed by atoms with van der Waals surface area (Å²) in [6.07, 6.45) is 0.780. The molecule has 1 saturated heterocycles. The van der Waals surface area contributed by atoms with E-state index in [9.17, 15) is 13.2 Å². The van der Waals surface area contributed by atoms with Gasteiger partial charge < -0.3 is 10.6 Å². The van der Waals surface area contributed by atoms with E-state index in [1.54, 1.807) is 11.9 Å². The lowest BCUT2D eigenvalue weighted by molar-refractivity contribution is 0.0789. The van der Waals surface area contributed by atoms with Gasteiger partial charge >= 0.3 is 0 Å². The molecule has 1 aliphatic heterocycles. The number of amides is 1. The second-order valence-electron chi connectivity index (χ2n) is 7.55. The van der Waals surface area contributed by atoms with Crippen molar-refractivity contribution in [3.05, 3.63) is 35.4 Å². The summed E-state index contributed by atoms with van der Waals surface area (Å²) in [6.45, 7) is 6.57. The zero-order valence-corrected chi connectivity index (χ0v) is 19.3. The van der Waals surface area contributed by atoms with Crippen molar-refractivity contribution in [3.63, 3.8) is 0 Å². The van der Waals surface area contributed by atoms with Crippen molar-refractivity contribution in [2.45, 2.75) is 32.9 Å². The smallest absolute Gasteiger partial charge is 0.253 e. The minimum absolute atomic E-state index is 0. The van der Waals surface area contributed by atoms with Gasteiger partial charge in [-0.25, -0.2) is 8.42 Å². The van der Waals surface area contributed by atoms with Gasteiger partial charge in [0.1, 0.15) is 0 Å². The molecule has 0 aliphatic carbocycles.